The molecule has 0 aliphatic carbocycles. The van der Waals surface area contributed by atoms with E-state index in [0.717, 1.165) is 16.1 Å². The largest absolute Gasteiger partial charge is 0.349 e. The molecule has 0 bridgehead atoms. The molecule has 32 heavy (non-hydrogen) atoms. The monoisotopic (exact) mass is 446 g/mol. The first-order chi connectivity index (χ1) is 15.5. The minimum Gasteiger partial charge on any atom is -0.349 e. The van der Waals surface area contributed by atoms with E-state index in [9.17, 15) is 9.59 Å². The van der Waals surface area contributed by atoms with E-state index in [1.54, 1.807) is 4.40 Å². The van der Waals surface area contributed by atoms with Crippen LogP contribution >= 0.6 is 11.3 Å². The first kappa shape index (κ1) is 21.8. The third kappa shape index (κ3) is 4.43. The maximum atomic E-state index is 13.2. The first-order valence-corrected chi connectivity index (χ1v) is 11.5. The van der Waals surface area contributed by atoms with Gasteiger partial charge < -0.3 is 10.6 Å². The number of rotatable bonds is 7. The summed E-state index contributed by atoms with van der Waals surface area (Å²) in [7, 11) is 0. The molecule has 2 heterocycles. The van der Waals surface area contributed by atoms with Crippen LogP contribution in [-0.2, 0) is 0 Å². The molecule has 4 rings (SSSR count). The maximum Gasteiger partial charge on any atom is 0.270 e. The zero-order valence-electron chi connectivity index (χ0n) is 18.3. The summed E-state index contributed by atoms with van der Waals surface area (Å²) in [6.07, 6.45) is 1.84. The number of fused-ring (bicyclic) bond motifs is 1. The van der Waals surface area contributed by atoms with E-state index in [4.69, 9.17) is 0 Å². The molecular formula is C25H26N4O2S. The molecule has 0 radical (unpaired) electrons. The molecule has 1 atom stereocenters. The smallest absolute Gasteiger partial charge is 0.270 e. The third-order valence-corrected chi connectivity index (χ3v) is 6.27. The molecule has 4 aromatic rings. The molecule has 2 N–H and O–H groups in total. The highest BCUT2D eigenvalue weighted by Crippen LogP contribution is 2.23. The van der Waals surface area contributed by atoms with Gasteiger partial charge in [-0.05, 0) is 30.0 Å². The van der Waals surface area contributed by atoms with Gasteiger partial charge in [-0.2, -0.15) is 0 Å². The number of nitrogens with one attached hydrogen (secondary N) is 2. The fourth-order valence-electron chi connectivity index (χ4n) is 3.70. The van der Waals surface area contributed by atoms with Crippen molar-refractivity contribution in [2.45, 2.75) is 26.8 Å². The predicted molar refractivity (Wildman–Crippen MR) is 128 cm³/mol. The van der Waals surface area contributed by atoms with E-state index >= 15 is 0 Å². The zero-order valence-corrected chi connectivity index (χ0v) is 19.1. The molecule has 7 heteroatoms. The van der Waals surface area contributed by atoms with E-state index in [-0.39, 0.29) is 23.8 Å². The zero-order chi connectivity index (χ0) is 22.7. The number of hydrogen-bond donors (Lipinski definition) is 2. The Kier molecular flexibility index (Phi) is 6.37. The van der Waals surface area contributed by atoms with Crippen molar-refractivity contribution < 1.29 is 9.59 Å². The maximum absolute atomic E-state index is 13.2. The Morgan fingerprint density at radius 2 is 1.75 bits per heavy atom. The second-order valence-electron chi connectivity index (χ2n) is 8.05. The highest BCUT2D eigenvalue weighted by atomic mass is 32.1. The molecule has 0 unspecified atom stereocenters. The van der Waals surface area contributed by atoms with Crippen LogP contribution in [0.4, 0.5) is 0 Å². The molecule has 164 valence electrons. The molecular weight excluding hydrogens is 420 g/mol. The van der Waals surface area contributed by atoms with E-state index < -0.39 is 0 Å². The van der Waals surface area contributed by atoms with Crippen molar-refractivity contribution in [1.82, 2.24) is 20.0 Å². The van der Waals surface area contributed by atoms with Crippen molar-refractivity contribution in [1.29, 1.82) is 0 Å². The van der Waals surface area contributed by atoms with Gasteiger partial charge in [-0.25, -0.2) is 4.98 Å². The number of aromatic nitrogens is 2. The highest BCUT2D eigenvalue weighted by Gasteiger charge is 2.22. The van der Waals surface area contributed by atoms with Gasteiger partial charge >= 0.3 is 0 Å². The number of amides is 2. The van der Waals surface area contributed by atoms with Crippen LogP contribution in [0.1, 0.15) is 40.4 Å². The number of carbonyl (C=O) groups is 2. The van der Waals surface area contributed by atoms with Gasteiger partial charge in [0.15, 0.2) is 4.96 Å². The summed E-state index contributed by atoms with van der Waals surface area (Å²) >= 11 is 1.49. The topological polar surface area (TPSA) is 75.5 Å². The van der Waals surface area contributed by atoms with Gasteiger partial charge in [-0.1, -0.05) is 62.4 Å². The molecule has 6 nitrogen and oxygen atoms in total. The lowest BCUT2D eigenvalue weighted by molar-refractivity contribution is 0.0895. The summed E-state index contributed by atoms with van der Waals surface area (Å²) in [6, 6.07) is 17.2. The normalized spacial score (nSPS) is 12.1. The van der Waals surface area contributed by atoms with Crippen LogP contribution in [0.15, 0.2) is 66.2 Å². The molecule has 0 aliphatic heterocycles. The number of thiazole rings is 1. The molecule has 0 saturated carbocycles. The molecule has 0 spiro atoms. The van der Waals surface area contributed by atoms with Gasteiger partial charge in [0.2, 0.25) is 0 Å². The van der Waals surface area contributed by atoms with Gasteiger partial charge in [0.05, 0.1) is 5.69 Å². The van der Waals surface area contributed by atoms with Gasteiger partial charge in [-0.3, -0.25) is 14.0 Å². The number of hydrogen-bond acceptors (Lipinski definition) is 4. The summed E-state index contributed by atoms with van der Waals surface area (Å²) in [5, 5.41) is 8.00. The van der Waals surface area contributed by atoms with Gasteiger partial charge in [0.1, 0.15) is 5.69 Å². The average Bonchev–Trinajstić information content (AvgIpc) is 3.36. The van der Waals surface area contributed by atoms with Crippen LogP contribution in [0.3, 0.4) is 0 Å². The third-order valence-electron chi connectivity index (χ3n) is 5.51. The van der Waals surface area contributed by atoms with Crippen LogP contribution in [-0.4, -0.2) is 33.8 Å². The van der Waals surface area contributed by atoms with Gasteiger partial charge in [-0.15, -0.1) is 11.3 Å². The SMILES string of the molecule is Cc1nc2sccn2c1C(=O)NC[C@@H](NC(=O)c1ccccc1-c1ccccc1)C(C)C. The Morgan fingerprint density at radius 1 is 1.03 bits per heavy atom. The molecule has 0 saturated heterocycles. The number of benzene rings is 2. The molecule has 2 amide bonds. The lowest BCUT2D eigenvalue weighted by Gasteiger charge is -2.23. The molecule has 0 fully saturated rings. The van der Waals surface area contributed by atoms with Gasteiger partial charge in [0, 0.05) is 29.7 Å². The number of nitrogens with zero attached hydrogens (tertiary/aromatic N) is 2. The second-order valence-corrected chi connectivity index (χ2v) is 8.92. The number of imidazole rings is 1. The second kappa shape index (κ2) is 9.36. The van der Waals surface area contributed by atoms with Crippen LogP contribution in [0, 0.1) is 12.8 Å². The van der Waals surface area contributed by atoms with Gasteiger partial charge in [0.25, 0.3) is 11.8 Å². The number of carbonyl (C=O) groups excluding carboxylic acids is 2. The Labute approximate surface area is 191 Å². The predicted octanol–water partition coefficient (Wildman–Crippen LogP) is 4.56. The summed E-state index contributed by atoms with van der Waals surface area (Å²) in [4.78, 5) is 31.3. The first-order valence-electron chi connectivity index (χ1n) is 10.6. The molecule has 2 aromatic heterocycles. The number of aryl methyl sites for hydroxylation is 1. The van der Waals surface area contributed by atoms with E-state index in [0.29, 0.717) is 23.5 Å². The van der Waals surface area contributed by atoms with Crippen LogP contribution in [0.5, 0.6) is 0 Å². The van der Waals surface area contributed by atoms with Crippen LogP contribution in [0.2, 0.25) is 0 Å². The fraction of sp³-hybridized carbons (Fsp3) is 0.240. The Hall–Kier alpha value is -3.45. The highest BCUT2D eigenvalue weighted by molar-refractivity contribution is 7.15. The fourth-order valence-corrected chi connectivity index (χ4v) is 4.46. The van der Waals surface area contributed by atoms with Crippen molar-refractivity contribution in [2.24, 2.45) is 5.92 Å². The van der Waals surface area contributed by atoms with E-state index in [2.05, 4.69) is 15.6 Å². The van der Waals surface area contributed by atoms with Crippen molar-refractivity contribution in [2.75, 3.05) is 6.54 Å². The Bertz CT molecular complexity index is 1240. The molecule has 2 aromatic carbocycles. The lowest BCUT2D eigenvalue weighted by Crippen LogP contribution is -2.47. The quantitative estimate of drug-likeness (QED) is 0.437. The van der Waals surface area contributed by atoms with E-state index in [1.165, 1.54) is 11.3 Å². The Balaban J connectivity index is 1.49. The molecule has 0 aliphatic rings. The van der Waals surface area contributed by atoms with Crippen LogP contribution in [0.25, 0.3) is 16.1 Å². The lowest BCUT2D eigenvalue weighted by atomic mass is 9.98. The van der Waals surface area contributed by atoms with Crippen LogP contribution < -0.4 is 10.6 Å². The van der Waals surface area contributed by atoms with Crippen molar-refractivity contribution in [3.05, 3.63) is 83.1 Å². The summed E-state index contributed by atoms with van der Waals surface area (Å²) in [5.41, 5.74) is 3.71. The summed E-state index contributed by atoms with van der Waals surface area (Å²) < 4.78 is 1.80. The van der Waals surface area contributed by atoms with Crippen molar-refractivity contribution in [3.63, 3.8) is 0 Å². The average molecular weight is 447 g/mol. The minimum absolute atomic E-state index is 0.135. The Morgan fingerprint density at radius 3 is 2.50 bits per heavy atom. The summed E-state index contributed by atoms with van der Waals surface area (Å²) in [5.74, 6) is -0.216. The van der Waals surface area contributed by atoms with Crippen molar-refractivity contribution >= 4 is 28.1 Å². The standard InChI is InChI=1S/C25H26N4O2S/c1-16(2)21(15-26-24(31)22-17(3)27-25-29(22)13-14-32-25)28-23(30)20-12-8-7-11-19(20)18-9-5-4-6-10-18/h4-14,16,21H,15H2,1-3H3,(H,26,31)(H,28,30)/t21-/m1/s1. The summed E-state index contributed by atoms with van der Waals surface area (Å²) in [6.45, 7) is 6.21. The van der Waals surface area contributed by atoms with Crippen molar-refractivity contribution in [3.8, 4) is 11.1 Å². The minimum atomic E-state index is -0.221. The van der Waals surface area contributed by atoms with E-state index in [1.807, 2.05) is 86.9 Å².